The third-order valence-electron chi connectivity index (χ3n) is 3.42. The molecule has 0 unspecified atom stereocenters. The van der Waals surface area contributed by atoms with Gasteiger partial charge in [0.25, 0.3) is 0 Å². The number of nitrogens with two attached hydrogens (primary N) is 1. The van der Waals surface area contributed by atoms with Crippen LogP contribution < -0.4 is 5.73 Å². The smallest absolute Gasteiger partial charge is 0.245 e. The highest BCUT2D eigenvalue weighted by molar-refractivity contribution is 9.10. The minimum Gasteiger partial charge on any atom is -0.330 e. The van der Waals surface area contributed by atoms with Gasteiger partial charge in [-0.05, 0) is 53.4 Å². The largest absolute Gasteiger partial charge is 0.330 e. The molecule has 0 aromatic heterocycles. The standard InChI is InChI=1S/C12H16BrClN2O2S/c13-10-2-1-3-11(14)12(10)19(17,18)16-6-4-9(8-15)5-7-16/h1-3,9H,4-8,15H2. The number of hydrogen-bond acceptors (Lipinski definition) is 3. The summed E-state index contributed by atoms with van der Waals surface area (Å²) in [5.74, 6) is 0.418. The van der Waals surface area contributed by atoms with Gasteiger partial charge in [-0.25, -0.2) is 8.42 Å². The van der Waals surface area contributed by atoms with Crippen molar-refractivity contribution in [2.75, 3.05) is 19.6 Å². The Balaban J connectivity index is 2.29. The highest BCUT2D eigenvalue weighted by atomic mass is 79.9. The summed E-state index contributed by atoms with van der Waals surface area (Å²) in [6.45, 7) is 1.62. The van der Waals surface area contributed by atoms with Gasteiger partial charge in [-0.15, -0.1) is 0 Å². The van der Waals surface area contributed by atoms with Gasteiger partial charge in [-0.2, -0.15) is 4.31 Å². The molecule has 0 spiro atoms. The lowest BCUT2D eigenvalue weighted by molar-refractivity contribution is 0.278. The summed E-state index contributed by atoms with van der Waals surface area (Å²) in [5, 5.41) is 0.246. The number of halogens is 2. The Morgan fingerprint density at radius 1 is 1.37 bits per heavy atom. The zero-order chi connectivity index (χ0) is 14.0. The van der Waals surface area contributed by atoms with E-state index >= 15 is 0 Å². The number of rotatable bonds is 3. The molecule has 1 aromatic rings. The lowest BCUT2D eigenvalue weighted by Gasteiger charge is -2.31. The molecule has 4 nitrogen and oxygen atoms in total. The van der Waals surface area contributed by atoms with Crippen LogP contribution in [0.3, 0.4) is 0 Å². The first-order valence-corrected chi connectivity index (χ1v) is 8.72. The number of hydrogen-bond donors (Lipinski definition) is 1. The van der Waals surface area contributed by atoms with Crippen LogP contribution in [-0.2, 0) is 10.0 Å². The number of benzene rings is 1. The third-order valence-corrected chi connectivity index (χ3v) is 6.77. The summed E-state index contributed by atoms with van der Waals surface area (Å²) in [4.78, 5) is 0.155. The van der Waals surface area contributed by atoms with Gasteiger partial charge in [0.05, 0.1) is 5.02 Å². The van der Waals surface area contributed by atoms with Crippen molar-refractivity contribution in [2.24, 2.45) is 11.7 Å². The van der Waals surface area contributed by atoms with E-state index in [1.165, 1.54) is 4.31 Å². The molecule has 1 heterocycles. The fourth-order valence-corrected chi connectivity index (χ4v) is 5.38. The molecular weight excluding hydrogens is 352 g/mol. The Bertz CT molecular complexity index is 537. The first kappa shape index (κ1) is 15.3. The van der Waals surface area contributed by atoms with Gasteiger partial charge in [-0.1, -0.05) is 17.7 Å². The molecule has 0 saturated carbocycles. The molecule has 1 aliphatic rings. The van der Waals surface area contributed by atoms with Crippen molar-refractivity contribution in [3.8, 4) is 0 Å². The van der Waals surface area contributed by atoms with Crippen molar-refractivity contribution < 1.29 is 8.42 Å². The molecule has 0 radical (unpaired) electrons. The molecule has 106 valence electrons. The SMILES string of the molecule is NCC1CCN(S(=O)(=O)c2c(Cl)cccc2Br)CC1. The molecule has 7 heteroatoms. The van der Waals surface area contributed by atoms with E-state index in [0.29, 0.717) is 30.0 Å². The summed E-state index contributed by atoms with van der Waals surface area (Å²) >= 11 is 9.30. The first-order valence-electron chi connectivity index (χ1n) is 6.11. The molecule has 1 aliphatic heterocycles. The van der Waals surface area contributed by atoms with Crippen LogP contribution in [-0.4, -0.2) is 32.4 Å². The van der Waals surface area contributed by atoms with Crippen molar-refractivity contribution in [1.82, 2.24) is 4.31 Å². The number of piperidine rings is 1. The van der Waals surface area contributed by atoms with Crippen LogP contribution in [0.15, 0.2) is 27.6 Å². The molecule has 0 aliphatic carbocycles. The van der Waals surface area contributed by atoms with Gasteiger partial charge in [-0.3, -0.25) is 0 Å². The van der Waals surface area contributed by atoms with E-state index in [-0.39, 0.29) is 9.92 Å². The fourth-order valence-electron chi connectivity index (χ4n) is 2.24. The zero-order valence-electron chi connectivity index (χ0n) is 10.4. The zero-order valence-corrected chi connectivity index (χ0v) is 13.5. The Hall–Kier alpha value is -0.140. The maximum atomic E-state index is 12.6. The Morgan fingerprint density at radius 3 is 2.53 bits per heavy atom. The van der Waals surface area contributed by atoms with E-state index < -0.39 is 10.0 Å². The summed E-state index contributed by atoms with van der Waals surface area (Å²) in [6, 6.07) is 4.99. The average molecular weight is 368 g/mol. The monoisotopic (exact) mass is 366 g/mol. The van der Waals surface area contributed by atoms with Crippen molar-refractivity contribution in [2.45, 2.75) is 17.7 Å². The average Bonchev–Trinajstić information content (AvgIpc) is 2.38. The molecule has 1 fully saturated rings. The van der Waals surface area contributed by atoms with E-state index in [4.69, 9.17) is 17.3 Å². The minimum absolute atomic E-state index is 0.155. The van der Waals surface area contributed by atoms with Crippen molar-refractivity contribution in [3.63, 3.8) is 0 Å². The lowest BCUT2D eigenvalue weighted by Crippen LogP contribution is -2.40. The second kappa shape index (κ2) is 6.10. The maximum absolute atomic E-state index is 12.6. The van der Waals surface area contributed by atoms with Crippen LogP contribution in [0.4, 0.5) is 0 Å². The summed E-state index contributed by atoms with van der Waals surface area (Å²) in [5.41, 5.74) is 5.62. The van der Waals surface area contributed by atoms with E-state index in [1.807, 2.05) is 0 Å². The quantitative estimate of drug-likeness (QED) is 0.892. The molecule has 0 amide bonds. The van der Waals surface area contributed by atoms with Gasteiger partial charge in [0, 0.05) is 17.6 Å². The van der Waals surface area contributed by atoms with Crippen LogP contribution in [0, 0.1) is 5.92 Å². The Kier molecular flexibility index (Phi) is 4.89. The molecule has 19 heavy (non-hydrogen) atoms. The first-order chi connectivity index (χ1) is 8.96. The van der Waals surface area contributed by atoms with E-state index in [1.54, 1.807) is 18.2 Å². The number of nitrogens with zero attached hydrogens (tertiary/aromatic N) is 1. The summed E-state index contributed by atoms with van der Waals surface area (Å²) < 4.78 is 27.2. The molecule has 2 rings (SSSR count). The van der Waals surface area contributed by atoms with Gasteiger partial charge in [0.15, 0.2) is 0 Å². The fraction of sp³-hybridized carbons (Fsp3) is 0.500. The van der Waals surface area contributed by atoms with Crippen molar-refractivity contribution in [3.05, 3.63) is 27.7 Å². The molecule has 2 N–H and O–H groups in total. The van der Waals surface area contributed by atoms with E-state index in [9.17, 15) is 8.42 Å². The summed E-state index contributed by atoms with van der Waals surface area (Å²) in [7, 11) is -3.54. The van der Waals surface area contributed by atoms with Crippen LogP contribution in [0.2, 0.25) is 5.02 Å². The number of sulfonamides is 1. The van der Waals surface area contributed by atoms with Gasteiger partial charge < -0.3 is 5.73 Å². The molecule has 1 aromatic carbocycles. The topological polar surface area (TPSA) is 63.4 Å². The maximum Gasteiger partial charge on any atom is 0.245 e. The lowest BCUT2D eigenvalue weighted by atomic mass is 9.99. The van der Waals surface area contributed by atoms with Crippen LogP contribution in [0.1, 0.15) is 12.8 Å². The normalized spacial score (nSPS) is 18.7. The van der Waals surface area contributed by atoms with Crippen molar-refractivity contribution >= 4 is 37.6 Å². The predicted octanol–water partition coefficient (Wildman–Crippen LogP) is 2.46. The second-order valence-corrected chi connectivity index (χ2v) is 7.77. The molecule has 0 atom stereocenters. The van der Waals surface area contributed by atoms with E-state index in [2.05, 4.69) is 15.9 Å². The summed E-state index contributed by atoms with van der Waals surface area (Å²) in [6.07, 6.45) is 1.61. The highest BCUT2D eigenvalue weighted by Gasteiger charge is 2.31. The van der Waals surface area contributed by atoms with Gasteiger partial charge >= 0.3 is 0 Å². The molecular formula is C12H16BrClN2O2S. The van der Waals surface area contributed by atoms with Gasteiger partial charge in [0.1, 0.15) is 4.90 Å². The Labute approximate surface area is 127 Å². The van der Waals surface area contributed by atoms with Crippen molar-refractivity contribution in [1.29, 1.82) is 0 Å². The van der Waals surface area contributed by atoms with E-state index in [0.717, 1.165) is 12.8 Å². The van der Waals surface area contributed by atoms with Crippen LogP contribution in [0.5, 0.6) is 0 Å². The third kappa shape index (κ3) is 3.13. The minimum atomic E-state index is -3.54. The predicted molar refractivity (Wildman–Crippen MR) is 79.7 cm³/mol. The highest BCUT2D eigenvalue weighted by Crippen LogP contribution is 2.33. The van der Waals surface area contributed by atoms with Crippen LogP contribution in [0.25, 0.3) is 0 Å². The Morgan fingerprint density at radius 2 is 2.00 bits per heavy atom. The molecule has 1 saturated heterocycles. The second-order valence-electron chi connectivity index (χ2n) is 4.63. The molecule has 0 bridgehead atoms. The van der Waals surface area contributed by atoms with Gasteiger partial charge in [0.2, 0.25) is 10.0 Å². The van der Waals surface area contributed by atoms with Crippen LogP contribution >= 0.6 is 27.5 Å².